The van der Waals surface area contributed by atoms with Gasteiger partial charge in [0.25, 0.3) is 0 Å². The van der Waals surface area contributed by atoms with Crippen LogP contribution in [-0.4, -0.2) is 34.3 Å². The molecule has 0 atom stereocenters. The van der Waals surface area contributed by atoms with E-state index < -0.39 is 9.84 Å². The molecular formula is C36H57N3O3S. The molecule has 2 aromatic carbocycles. The molecule has 0 aliphatic carbocycles. The van der Waals surface area contributed by atoms with Gasteiger partial charge in [0.1, 0.15) is 22.5 Å². The van der Waals surface area contributed by atoms with Gasteiger partial charge in [0, 0.05) is 5.56 Å². The van der Waals surface area contributed by atoms with Crippen molar-refractivity contribution >= 4 is 20.9 Å². The first kappa shape index (κ1) is 35.1. The molecule has 0 amide bonds. The third kappa shape index (κ3) is 9.29. The van der Waals surface area contributed by atoms with Gasteiger partial charge in [0.2, 0.25) is 0 Å². The van der Waals surface area contributed by atoms with E-state index in [1.807, 2.05) is 6.07 Å². The molecule has 0 aliphatic heterocycles. The number of aromatic hydroxyl groups is 1. The monoisotopic (exact) mass is 611 g/mol. The van der Waals surface area contributed by atoms with E-state index in [4.69, 9.17) is 10.2 Å². The van der Waals surface area contributed by atoms with Crippen molar-refractivity contribution in [1.29, 1.82) is 0 Å². The molecule has 0 radical (unpaired) electrons. The maximum atomic E-state index is 13.1. The molecule has 43 heavy (non-hydrogen) atoms. The highest BCUT2D eigenvalue weighted by atomic mass is 32.2. The molecule has 1 N–H and O–H groups in total. The first-order valence-corrected chi connectivity index (χ1v) is 17.8. The molecule has 6 nitrogen and oxygen atoms in total. The number of phenolic OH excluding ortho intramolecular Hbond substituents is 1. The Labute approximate surface area is 261 Å². The number of hydrogen-bond donors (Lipinski definition) is 1. The molecule has 0 fully saturated rings. The normalized spacial score (nSPS) is 13.7. The van der Waals surface area contributed by atoms with Crippen LogP contribution in [0, 0.1) is 10.8 Å². The van der Waals surface area contributed by atoms with E-state index in [0.29, 0.717) is 23.1 Å². The van der Waals surface area contributed by atoms with Gasteiger partial charge in [-0.25, -0.2) is 8.42 Å². The molecule has 0 saturated heterocycles. The first-order chi connectivity index (χ1) is 19.7. The summed E-state index contributed by atoms with van der Waals surface area (Å²) in [5, 5.41) is 21.2. The van der Waals surface area contributed by atoms with Crippen molar-refractivity contribution in [2.45, 2.75) is 143 Å². The number of fused-ring (bicyclic) bond motifs is 1. The molecule has 0 bridgehead atoms. The van der Waals surface area contributed by atoms with Crippen molar-refractivity contribution < 1.29 is 13.5 Å². The highest BCUT2D eigenvalue weighted by Crippen LogP contribution is 2.46. The van der Waals surface area contributed by atoms with Gasteiger partial charge in [0.05, 0.1) is 10.6 Å². The van der Waals surface area contributed by atoms with Crippen LogP contribution in [0.25, 0.3) is 16.7 Å². The summed E-state index contributed by atoms with van der Waals surface area (Å²) < 4.78 is 26.3. The van der Waals surface area contributed by atoms with Gasteiger partial charge >= 0.3 is 0 Å². The first-order valence-electron chi connectivity index (χ1n) is 16.1. The van der Waals surface area contributed by atoms with E-state index in [0.717, 1.165) is 43.2 Å². The fraction of sp³-hybridized carbons (Fsp3) is 0.667. The fourth-order valence-corrected chi connectivity index (χ4v) is 8.30. The number of aromatic nitrogens is 3. The van der Waals surface area contributed by atoms with Crippen LogP contribution in [0.1, 0.15) is 139 Å². The lowest BCUT2D eigenvalue weighted by Gasteiger charge is -2.37. The summed E-state index contributed by atoms with van der Waals surface area (Å²) in [5.41, 5.74) is 3.29. The van der Waals surface area contributed by atoms with E-state index in [9.17, 15) is 13.5 Å². The van der Waals surface area contributed by atoms with E-state index in [1.54, 1.807) is 18.2 Å². The van der Waals surface area contributed by atoms with E-state index in [-0.39, 0.29) is 38.1 Å². The number of phenols is 1. The molecule has 1 heterocycles. The van der Waals surface area contributed by atoms with Crippen molar-refractivity contribution in [3.63, 3.8) is 0 Å². The number of benzene rings is 2. The second-order valence-electron chi connectivity index (χ2n) is 16.4. The van der Waals surface area contributed by atoms with Crippen molar-refractivity contribution in [3.05, 3.63) is 41.5 Å². The molecule has 1 aromatic heterocycles. The largest absolute Gasteiger partial charge is 0.505 e. The van der Waals surface area contributed by atoms with Crippen LogP contribution in [0.3, 0.4) is 0 Å². The maximum Gasteiger partial charge on any atom is 0.178 e. The molecule has 0 aliphatic rings. The zero-order chi connectivity index (χ0) is 32.4. The number of rotatable bonds is 13. The average molecular weight is 612 g/mol. The molecule has 0 unspecified atom stereocenters. The Morgan fingerprint density at radius 1 is 0.721 bits per heavy atom. The summed E-state index contributed by atoms with van der Waals surface area (Å²) in [6.45, 7) is 24.5. The minimum absolute atomic E-state index is 0.0586. The van der Waals surface area contributed by atoms with Gasteiger partial charge in [-0.2, -0.15) is 0 Å². The van der Waals surface area contributed by atoms with Gasteiger partial charge in [-0.15, -0.1) is 15.0 Å². The zero-order valence-electron chi connectivity index (χ0n) is 28.8. The molecule has 240 valence electrons. The van der Waals surface area contributed by atoms with Crippen molar-refractivity contribution in [2.75, 3.05) is 5.75 Å². The molecule has 7 heteroatoms. The zero-order valence-corrected chi connectivity index (χ0v) is 29.6. The van der Waals surface area contributed by atoms with Crippen LogP contribution in [0.4, 0.5) is 0 Å². The smallest absolute Gasteiger partial charge is 0.178 e. The van der Waals surface area contributed by atoms with Gasteiger partial charge in [-0.1, -0.05) is 114 Å². The quantitative estimate of drug-likeness (QED) is 0.195. The molecule has 0 spiro atoms. The van der Waals surface area contributed by atoms with Crippen LogP contribution in [-0.2, 0) is 20.7 Å². The molecule has 3 aromatic rings. The van der Waals surface area contributed by atoms with Crippen LogP contribution in [0.15, 0.2) is 35.2 Å². The van der Waals surface area contributed by atoms with Crippen molar-refractivity contribution in [1.82, 2.24) is 15.0 Å². The Morgan fingerprint density at radius 2 is 1.28 bits per heavy atom. The topological polar surface area (TPSA) is 85.1 Å². The lowest BCUT2D eigenvalue weighted by atomic mass is 9.68. The van der Waals surface area contributed by atoms with Gasteiger partial charge in [-0.05, 0) is 70.8 Å². The van der Waals surface area contributed by atoms with Crippen LogP contribution in [0.2, 0.25) is 0 Å². The van der Waals surface area contributed by atoms with Crippen LogP contribution in [0.5, 0.6) is 5.75 Å². The number of nitrogens with zero attached hydrogens (tertiary/aromatic N) is 3. The molecule has 0 saturated carbocycles. The van der Waals surface area contributed by atoms with Gasteiger partial charge in [-0.3, -0.25) is 0 Å². The Morgan fingerprint density at radius 3 is 1.88 bits per heavy atom. The fourth-order valence-electron chi connectivity index (χ4n) is 6.91. The predicted octanol–water partition coefficient (Wildman–Crippen LogP) is 9.69. The lowest BCUT2D eigenvalue weighted by molar-refractivity contribution is 0.274. The SMILES string of the molecule is CCCCCCCCS(=O)(=O)c1ccc2nn(-c3cc(C(C)(C)CC(C)(C)C)cc(C(C)(C)CC(C)(C)C)c3O)nc2c1. The minimum Gasteiger partial charge on any atom is -0.505 e. The summed E-state index contributed by atoms with van der Waals surface area (Å²) in [6.07, 6.45) is 8.01. The van der Waals surface area contributed by atoms with Crippen LogP contribution < -0.4 is 0 Å². The predicted molar refractivity (Wildman–Crippen MR) is 180 cm³/mol. The highest BCUT2D eigenvalue weighted by molar-refractivity contribution is 7.91. The summed E-state index contributed by atoms with van der Waals surface area (Å²) in [5.74, 6) is 0.303. The molecular weight excluding hydrogens is 554 g/mol. The lowest BCUT2D eigenvalue weighted by Crippen LogP contribution is -2.28. The Balaban J connectivity index is 2.07. The maximum absolute atomic E-state index is 13.1. The minimum atomic E-state index is -3.42. The second-order valence-corrected chi connectivity index (χ2v) is 18.5. The summed E-state index contributed by atoms with van der Waals surface area (Å²) in [7, 11) is -3.42. The van der Waals surface area contributed by atoms with Crippen molar-refractivity contribution in [2.24, 2.45) is 10.8 Å². The van der Waals surface area contributed by atoms with Crippen LogP contribution >= 0.6 is 0 Å². The third-order valence-electron chi connectivity index (χ3n) is 8.24. The number of hydrogen-bond acceptors (Lipinski definition) is 5. The standard InChI is InChI=1S/C36H57N3O3S/c1-12-13-14-15-16-17-20-43(41,42)27-18-19-29-30(23-27)38-39(37-29)31-22-26(35(8,9)24-33(2,3)4)21-28(32(31)40)36(10,11)25-34(5,6)7/h18-19,21-23,40H,12-17,20,24-25H2,1-11H3. The summed E-state index contributed by atoms with van der Waals surface area (Å²) in [6, 6.07) is 9.16. The Hall–Kier alpha value is -2.41. The number of unbranched alkanes of at least 4 members (excludes halogenated alkanes) is 5. The van der Waals surface area contributed by atoms with Gasteiger partial charge < -0.3 is 5.11 Å². The van der Waals surface area contributed by atoms with Gasteiger partial charge in [0.15, 0.2) is 9.84 Å². The number of sulfone groups is 1. The van der Waals surface area contributed by atoms with E-state index in [2.05, 4.69) is 82.2 Å². The summed E-state index contributed by atoms with van der Waals surface area (Å²) >= 11 is 0. The third-order valence-corrected chi connectivity index (χ3v) is 10.0. The summed E-state index contributed by atoms with van der Waals surface area (Å²) in [4.78, 5) is 1.76. The van der Waals surface area contributed by atoms with E-state index in [1.165, 1.54) is 17.6 Å². The Bertz CT molecular complexity index is 1500. The highest BCUT2D eigenvalue weighted by Gasteiger charge is 2.35. The average Bonchev–Trinajstić information content (AvgIpc) is 3.26. The van der Waals surface area contributed by atoms with E-state index >= 15 is 0 Å². The van der Waals surface area contributed by atoms with Crippen molar-refractivity contribution in [3.8, 4) is 11.4 Å². The Kier molecular flexibility index (Phi) is 10.5. The molecule has 3 rings (SSSR count). The second kappa shape index (κ2) is 12.9.